The van der Waals surface area contributed by atoms with Crippen LogP contribution >= 0.6 is 0 Å². The zero-order valence-corrected chi connectivity index (χ0v) is 17.3. The first kappa shape index (κ1) is 21.2. The summed E-state index contributed by atoms with van der Waals surface area (Å²) in [5, 5.41) is 11.6. The zero-order valence-electron chi connectivity index (χ0n) is 17.3. The highest BCUT2D eigenvalue weighted by Gasteiger charge is 2.20. The fourth-order valence-electron chi connectivity index (χ4n) is 2.94. The highest BCUT2D eigenvalue weighted by atomic mass is 16.1. The van der Waals surface area contributed by atoms with Crippen molar-refractivity contribution in [1.29, 1.82) is 5.26 Å². The minimum atomic E-state index is -0.188. The molecular weight excluding hydrogens is 348 g/mol. The van der Waals surface area contributed by atoms with Gasteiger partial charge in [-0.05, 0) is 48.1 Å². The van der Waals surface area contributed by atoms with Crippen LogP contribution < -0.4 is 5.32 Å². The third-order valence-electron chi connectivity index (χ3n) is 4.63. The van der Waals surface area contributed by atoms with Crippen LogP contribution in [-0.4, -0.2) is 15.3 Å². The number of nitriles is 1. The Bertz CT molecular complexity index is 978. The predicted molar refractivity (Wildman–Crippen MR) is 114 cm³/mol. The second-order valence-electron chi connectivity index (χ2n) is 7.17. The van der Waals surface area contributed by atoms with Crippen LogP contribution in [0.4, 0.5) is 5.82 Å². The Hall–Kier alpha value is -3.13. The molecule has 5 heteroatoms. The molecule has 0 radical (unpaired) electrons. The van der Waals surface area contributed by atoms with Crippen molar-refractivity contribution in [3.8, 4) is 6.07 Å². The minimum absolute atomic E-state index is 0.0931. The first-order valence-electron chi connectivity index (χ1n) is 9.63. The van der Waals surface area contributed by atoms with Crippen molar-refractivity contribution in [2.24, 2.45) is 0 Å². The molecule has 3 aromatic rings. The Morgan fingerprint density at radius 1 is 1.14 bits per heavy atom. The van der Waals surface area contributed by atoms with Gasteiger partial charge in [0.05, 0.1) is 12.3 Å². The second kappa shape index (κ2) is 9.18. The molecule has 0 saturated carbocycles. The largest absolute Gasteiger partial charge is 0.305 e. The Labute approximate surface area is 167 Å². The number of nitrogens with one attached hydrogen (secondary N) is 1. The van der Waals surface area contributed by atoms with E-state index < -0.39 is 0 Å². The SMILES string of the molecule is CC.Cc1ccc2nc(NC(=O)c3ccc(C(C)(C)CCC#N)cc3)cn2c1. The van der Waals surface area contributed by atoms with Crippen LogP contribution in [0.25, 0.3) is 5.65 Å². The highest BCUT2D eigenvalue weighted by Crippen LogP contribution is 2.28. The average Bonchev–Trinajstić information content (AvgIpc) is 3.09. The van der Waals surface area contributed by atoms with Gasteiger partial charge in [0, 0.05) is 18.2 Å². The van der Waals surface area contributed by atoms with Crippen LogP contribution in [0, 0.1) is 18.3 Å². The number of aromatic nitrogens is 2. The van der Waals surface area contributed by atoms with E-state index in [-0.39, 0.29) is 11.3 Å². The standard InChI is InChI=1S/C21H22N4O.C2H6/c1-15-5-10-19-23-18(14-25(19)13-15)24-20(26)16-6-8-17(9-7-16)21(2,3)11-4-12-22;1-2/h5-10,13-14H,4,11H2,1-3H3,(H,24,26);1-2H3. The molecule has 1 amide bonds. The maximum Gasteiger partial charge on any atom is 0.256 e. The average molecular weight is 377 g/mol. The van der Waals surface area contributed by atoms with Crippen LogP contribution in [-0.2, 0) is 5.41 Å². The van der Waals surface area contributed by atoms with Gasteiger partial charge in [0.25, 0.3) is 5.91 Å². The molecule has 1 aromatic carbocycles. The van der Waals surface area contributed by atoms with Gasteiger partial charge in [-0.3, -0.25) is 4.79 Å². The number of pyridine rings is 1. The number of rotatable bonds is 5. The number of fused-ring (bicyclic) bond motifs is 1. The summed E-state index contributed by atoms with van der Waals surface area (Å²) in [4.78, 5) is 16.9. The lowest BCUT2D eigenvalue weighted by Crippen LogP contribution is -2.17. The summed E-state index contributed by atoms with van der Waals surface area (Å²) in [5.41, 5.74) is 3.53. The van der Waals surface area contributed by atoms with Gasteiger partial charge in [-0.1, -0.05) is 45.9 Å². The molecule has 0 atom stereocenters. The minimum Gasteiger partial charge on any atom is -0.305 e. The normalized spacial score (nSPS) is 10.7. The number of benzene rings is 1. The number of aryl methyl sites for hydroxylation is 1. The van der Waals surface area contributed by atoms with Crippen molar-refractivity contribution in [3.63, 3.8) is 0 Å². The number of carbonyl (C=O) groups is 1. The van der Waals surface area contributed by atoms with E-state index in [1.54, 1.807) is 6.20 Å². The molecule has 146 valence electrons. The van der Waals surface area contributed by atoms with Gasteiger partial charge in [-0.15, -0.1) is 0 Å². The monoisotopic (exact) mass is 376 g/mol. The molecule has 1 N–H and O–H groups in total. The number of imidazole rings is 1. The lowest BCUT2D eigenvalue weighted by molar-refractivity contribution is 0.102. The predicted octanol–water partition coefficient (Wildman–Crippen LogP) is 5.50. The Morgan fingerprint density at radius 2 is 1.82 bits per heavy atom. The molecular formula is C23H28N4O. The molecule has 28 heavy (non-hydrogen) atoms. The maximum absolute atomic E-state index is 12.5. The van der Waals surface area contributed by atoms with E-state index in [1.165, 1.54) is 0 Å². The third kappa shape index (κ3) is 4.98. The van der Waals surface area contributed by atoms with Crippen molar-refractivity contribution in [2.75, 3.05) is 5.32 Å². The molecule has 0 unspecified atom stereocenters. The third-order valence-corrected chi connectivity index (χ3v) is 4.63. The Morgan fingerprint density at radius 3 is 2.46 bits per heavy atom. The van der Waals surface area contributed by atoms with E-state index in [9.17, 15) is 4.79 Å². The smallest absolute Gasteiger partial charge is 0.256 e. The van der Waals surface area contributed by atoms with E-state index in [0.717, 1.165) is 23.2 Å². The van der Waals surface area contributed by atoms with Gasteiger partial charge in [0.15, 0.2) is 5.82 Å². The molecule has 0 aliphatic carbocycles. The first-order valence-corrected chi connectivity index (χ1v) is 9.63. The number of hydrogen-bond donors (Lipinski definition) is 1. The molecule has 0 bridgehead atoms. The van der Waals surface area contributed by atoms with Crippen molar-refractivity contribution < 1.29 is 4.79 Å². The number of anilines is 1. The Kier molecular flexibility index (Phi) is 6.94. The van der Waals surface area contributed by atoms with Gasteiger partial charge in [-0.2, -0.15) is 5.26 Å². The summed E-state index contributed by atoms with van der Waals surface area (Å²) in [6.45, 7) is 10.2. The van der Waals surface area contributed by atoms with E-state index in [2.05, 4.69) is 30.2 Å². The number of carbonyl (C=O) groups excluding carboxylic acids is 1. The molecule has 2 heterocycles. The summed E-state index contributed by atoms with van der Waals surface area (Å²) < 4.78 is 1.89. The molecule has 0 aliphatic heterocycles. The summed E-state index contributed by atoms with van der Waals surface area (Å²) >= 11 is 0. The van der Waals surface area contributed by atoms with Gasteiger partial charge >= 0.3 is 0 Å². The molecule has 0 spiro atoms. The van der Waals surface area contributed by atoms with E-state index in [1.807, 2.05) is 67.8 Å². The number of hydrogen-bond acceptors (Lipinski definition) is 3. The Balaban J connectivity index is 0.00000136. The first-order chi connectivity index (χ1) is 13.4. The summed E-state index contributed by atoms with van der Waals surface area (Å²) in [6.07, 6.45) is 5.08. The van der Waals surface area contributed by atoms with Crippen LogP contribution in [0.3, 0.4) is 0 Å². The molecule has 5 nitrogen and oxygen atoms in total. The molecule has 0 aliphatic rings. The van der Waals surface area contributed by atoms with Crippen molar-refractivity contribution >= 4 is 17.4 Å². The van der Waals surface area contributed by atoms with Crippen LogP contribution in [0.2, 0.25) is 0 Å². The van der Waals surface area contributed by atoms with E-state index in [4.69, 9.17) is 5.26 Å². The van der Waals surface area contributed by atoms with Crippen LogP contribution in [0.1, 0.15) is 62.0 Å². The van der Waals surface area contributed by atoms with Crippen molar-refractivity contribution in [1.82, 2.24) is 9.38 Å². The van der Waals surface area contributed by atoms with Crippen molar-refractivity contribution in [2.45, 2.75) is 52.9 Å². The second-order valence-corrected chi connectivity index (χ2v) is 7.17. The van der Waals surface area contributed by atoms with Gasteiger partial charge in [-0.25, -0.2) is 4.98 Å². The topological polar surface area (TPSA) is 70.2 Å². The molecule has 2 aromatic heterocycles. The van der Waals surface area contributed by atoms with Gasteiger partial charge in [0.1, 0.15) is 5.65 Å². The number of amides is 1. The van der Waals surface area contributed by atoms with Gasteiger partial charge < -0.3 is 9.72 Å². The number of nitrogens with zero attached hydrogens (tertiary/aromatic N) is 3. The quantitative estimate of drug-likeness (QED) is 0.639. The molecule has 0 fully saturated rings. The van der Waals surface area contributed by atoms with Crippen molar-refractivity contribution in [3.05, 3.63) is 65.5 Å². The zero-order chi connectivity index (χ0) is 20.7. The summed E-state index contributed by atoms with van der Waals surface area (Å²) in [5.74, 6) is 0.338. The van der Waals surface area contributed by atoms with E-state index >= 15 is 0 Å². The summed E-state index contributed by atoms with van der Waals surface area (Å²) in [7, 11) is 0. The van der Waals surface area contributed by atoms with Gasteiger partial charge in [0.2, 0.25) is 0 Å². The fraction of sp³-hybridized carbons (Fsp3) is 0.348. The molecule has 3 rings (SSSR count). The summed E-state index contributed by atoms with van der Waals surface area (Å²) in [6, 6.07) is 13.7. The lowest BCUT2D eigenvalue weighted by Gasteiger charge is -2.24. The van der Waals surface area contributed by atoms with Crippen LogP contribution in [0.15, 0.2) is 48.8 Å². The highest BCUT2D eigenvalue weighted by molar-refractivity contribution is 6.03. The maximum atomic E-state index is 12.5. The van der Waals surface area contributed by atoms with Crippen LogP contribution in [0.5, 0.6) is 0 Å². The molecule has 0 saturated heterocycles. The van der Waals surface area contributed by atoms with E-state index in [0.29, 0.717) is 17.8 Å². The fourth-order valence-corrected chi connectivity index (χ4v) is 2.94. The lowest BCUT2D eigenvalue weighted by atomic mass is 9.80.